The molecule has 2 aliphatic rings. The first-order valence-electron chi connectivity index (χ1n) is 8.22. The Balaban J connectivity index is 1.81. The van der Waals surface area contributed by atoms with E-state index in [9.17, 15) is 9.90 Å². The van der Waals surface area contributed by atoms with Gasteiger partial charge in [0, 0.05) is 26.2 Å². The summed E-state index contributed by atoms with van der Waals surface area (Å²) in [4.78, 5) is 16.3. The van der Waals surface area contributed by atoms with Crippen molar-refractivity contribution in [3.05, 3.63) is 0 Å². The zero-order chi connectivity index (χ0) is 15.5. The Bertz CT molecular complexity index is 354. The minimum Gasteiger partial charge on any atom is -0.444 e. The molecule has 1 N–H and O–H groups in total. The number of nitrogens with zero attached hydrogens (tertiary/aromatic N) is 2. The summed E-state index contributed by atoms with van der Waals surface area (Å²) in [7, 11) is 0. The Hall–Kier alpha value is -0.810. The molecule has 2 rings (SSSR count). The quantitative estimate of drug-likeness (QED) is 0.848. The molecule has 0 aromatic carbocycles. The van der Waals surface area contributed by atoms with Crippen LogP contribution in [0.2, 0.25) is 0 Å². The van der Waals surface area contributed by atoms with Gasteiger partial charge in [-0.2, -0.15) is 0 Å². The highest BCUT2D eigenvalue weighted by Crippen LogP contribution is 2.21. The van der Waals surface area contributed by atoms with Crippen LogP contribution in [-0.2, 0) is 4.74 Å². The molecule has 2 atom stereocenters. The van der Waals surface area contributed by atoms with Crippen molar-refractivity contribution >= 4 is 6.09 Å². The van der Waals surface area contributed by atoms with Gasteiger partial charge in [-0.1, -0.05) is 0 Å². The number of carbonyl (C=O) groups excluding carboxylic acids is 1. The molecule has 0 aromatic rings. The van der Waals surface area contributed by atoms with Crippen LogP contribution in [0, 0.1) is 5.92 Å². The summed E-state index contributed by atoms with van der Waals surface area (Å²) in [5, 5.41) is 9.75. The number of aliphatic hydroxyl groups excluding tert-OH is 1. The third-order valence-corrected chi connectivity index (χ3v) is 4.17. The highest BCUT2D eigenvalue weighted by Gasteiger charge is 2.29. The fraction of sp³-hybridized carbons (Fsp3) is 0.938. The molecule has 0 bridgehead atoms. The number of rotatable bonds is 2. The van der Waals surface area contributed by atoms with E-state index in [2.05, 4.69) is 4.90 Å². The second-order valence-electron chi connectivity index (χ2n) is 7.49. The molecule has 0 radical (unpaired) electrons. The van der Waals surface area contributed by atoms with Gasteiger partial charge in [-0.05, 0) is 58.9 Å². The first-order valence-corrected chi connectivity index (χ1v) is 8.22. The van der Waals surface area contributed by atoms with Gasteiger partial charge in [0.25, 0.3) is 0 Å². The zero-order valence-corrected chi connectivity index (χ0v) is 13.7. The van der Waals surface area contributed by atoms with E-state index in [4.69, 9.17) is 4.74 Å². The number of aliphatic hydroxyl groups is 1. The first-order chi connectivity index (χ1) is 9.83. The lowest BCUT2D eigenvalue weighted by atomic mass is 9.96. The van der Waals surface area contributed by atoms with Gasteiger partial charge in [0.2, 0.25) is 0 Å². The normalized spacial score (nSPS) is 28.5. The molecule has 122 valence electrons. The number of carbonyl (C=O) groups is 1. The van der Waals surface area contributed by atoms with Crippen LogP contribution in [0.1, 0.15) is 46.5 Å². The topological polar surface area (TPSA) is 53.0 Å². The van der Waals surface area contributed by atoms with Crippen LogP contribution in [-0.4, -0.2) is 65.4 Å². The summed E-state index contributed by atoms with van der Waals surface area (Å²) in [5.41, 5.74) is -0.430. The molecule has 21 heavy (non-hydrogen) atoms. The lowest BCUT2D eigenvalue weighted by Gasteiger charge is -2.38. The molecule has 5 heteroatoms. The third-order valence-electron chi connectivity index (χ3n) is 4.17. The van der Waals surface area contributed by atoms with E-state index in [-0.39, 0.29) is 12.2 Å². The molecule has 2 unspecified atom stereocenters. The standard InChI is InChI=1S/C16H30N2O3/c1-16(2,3)21-15(20)18-9-4-6-13(11-18)10-17-8-5-7-14(19)12-17/h13-14,19H,4-12H2,1-3H3. The van der Waals surface area contributed by atoms with Crippen molar-refractivity contribution in [3.63, 3.8) is 0 Å². The van der Waals surface area contributed by atoms with Crippen molar-refractivity contribution in [3.8, 4) is 0 Å². The van der Waals surface area contributed by atoms with Gasteiger partial charge < -0.3 is 19.6 Å². The van der Waals surface area contributed by atoms with Gasteiger partial charge in [0.15, 0.2) is 0 Å². The van der Waals surface area contributed by atoms with Gasteiger partial charge in [-0.15, -0.1) is 0 Å². The number of ether oxygens (including phenoxy) is 1. The second kappa shape index (κ2) is 6.97. The predicted octanol–water partition coefficient (Wildman–Crippen LogP) is 2.09. The van der Waals surface area contributed by atoms with Crippen molar-refractivity contribution < 1.29 is 14.6 Å². The molecule has 0 aliphatic carbocycles. The molecule has 2 saturated heterocycles. The van der Waals surface area contributed by atoms with E-state index in [1.54, 1.807) is 0 Å². The van der Waals surface area contributed by atoms with E-state index >= 15 is 0 Å². The Labute approximate surface area is 128 Å². The fourth-order valence-electron chi connectivity index (χ4n) is 3.27. The van der Waals surface area contributed by atoms with E-state index in [1.807, 2.05) is 25.7 Å². The molecule has 5 nitrogen and oxygen atoms in total. The van der Waals surface area contributed by atoms with Crippen molar-refractivity contribution in [1.82, 2.24) is 9.80 Å². The average molecular weight is 298 g/mol. The molecular formula is C16H30N2O3. The average Bonchev–Trinajstić information content (AvgIpc) is 2.37. The molecular weight excluding hydrogens is 268 g/mol. The van der Waals surface area contributed by atoms with Gasteiger partial charge >= 0.3 is 6.09 Å². The SMILES string of the molecule is CC(C)(C)OC(=O)N1CCCC(CN2CCCC(O)C2)C1. The summed E-state index contributed by atoms with van der Waals surface area (Å²) in [5.74, 6) is 0.497. The number of β-amino-alcohol motifs (C(OH)–C–C–N with tert-alkyl or cyclic N) is 1. The maximum absolute atomic E-state index is 12.2. The summed E-state index contributed by atoms with van der Waals surface area (Å²) >= 11 is 0. The van der Waals surface area contributed by atoms with E-state index in [0.29, 0.717) is 5.92 Å². The summed E-state index contributed by atoms with van der Waals surface area (Å²) in [6.45, 7) is 10.1. The van der Waals surface area contributed by atoms with Crippen molar-refractivity contribution in [2.24, 2.45) is 5.92 Å². The molecule has 2 heterocycles. The van der Waals surface area contributed by atoms with Crippen LogP contribution in [0.15, 0.2) is 0 Å². The summed E-state index contributed by atoms with van der Waals surface area (Å²) in [6.07, 6.45) is 3.83. The Kier molecular flexibility index (Phi) is 5.49. The minimum atomic E-state index is -0.430. The molecule has 0 aromatic heterocycles. The molecule has 0 spiro atoms. The Morgan fingerprint density at radius 1 is 1.19 bits per heavy atom. The van der Waals surface area contributed by atoms with Crippen molar-refractivity contribution in [2.45, 2.75) is 58.2 Å². The Morgan fingerprint density at radius 2 is 1.90 bits per heavy atom. The zero-order valence-electron chi connectivity index (χ0n) is 13.7. The first kappa shape index (κ1) is 16.6. The summed E-state index contributed by atoms with van der Waals surface area (Å²) in [6, 6.07) is 0. The lowest BCUT2D eigenvalue weighted by molar-refractivity contribution is 0.0104. The Morgan fingerprint density at radius 3 is 2.57 bits per heavy atom. The molecule has 0 saturated carbocycles. The third kappa shape index (κ3) is 5.47. The van der Waals surface area contributed by atoms with Crippen LogP contribution in [0.25, 0.3) is 0 Å². The molecule has 2 fully saturated rings. The number of piperidine rings is 2. The summed E-state index contributed by atoms with van der Waals surface area (Å²) < 4.78 is 5.47. The van der Waals surface area contributed by atoms with Gasteiger partial charge in [-0.3, -0.25) is 0 Å². The van der Waals surface area contributed by atoms with Crippen LogP contribution in [0.5, 0.6) is 0 Å². The monoisotopic (exact) mass is 298 g/mol. The number of likely N-dealkylation sites (tertiary alicyclic amines) is 2. The van der Waals surface area contributed by atoms with Gasteiger partial charge in [0.05, 0.1) is 6.10 Å². The van der Waals surface area contributed by atoms with Crippen LogP contribution >= 0.6 is 0 Å². The number of hydrogen-bond donors (Lipinski definition) is 1. The smallest absolute Gasteiger partial charge is 0.410 e. The van der Waals surface area contributed by atoms with Crippen molar-refractivity contribution in [1.29, 1.82) is 0 Å². The number of amides is 1. The van der Waals surface area contributed by atoms with Crippen LogP contribution < -0.4 is 0 Å². The predicted molar refractivity (Wildman–Crippen MR) is 82.2 cm³/mol. The van der Waals surface area contributed by atoms with Crippen LogP contribution in [0.3, 0.4) is 0 Å². The van der Waals surface area contributed by atoms with E-state index < -0.39 is 5.60 Å². The maximum atomic E-state index is 12.2. The molecule has 2 aliphatic heterocycles. The second-order valence-corrected chi connectivity index (χ2v) is 7.49. The molecule has 1 amide bonds. The van der Waals surface area contributed by atoms with E-state index in [1.165, 1.54) is 0 Å². The van der Waals surface area contributed by atoms with Crippen molar-refractivity contribution in [2.75, 3.05) is 32.7 Å². The van der Waals surface area contributed by atoms with Gasteiger partial charge in [0.1, 0.15) is 5.60 Å². The minimum absolute atomic E-state index is 0.177. The maximum Gasteiger partial charge on any atom is 0.410 e. The fourth-order valence-corrected chi connectivity index (χ4v) is 3.27. The highest BCUT2D eigenvalue weighted by atomic mass is 16.6. The highest BCUT2D eigenvalue weighted by molar-refractivity contribution is 5.68. The largest absolute Gasteiger partial charge is 0.444 e. The lowest BCUT2D eigenvalue weighted by Crippen LogP contribution is -2.47. The van der Waals surface area contributed by atoms with E-state index in [0.717, 1.165) is 58.4 Å². The van der Waals surface area contributed by atoms with Gasteiger partial charge in [-0.25, -0.2) is 4.79 Å². The number of hydrogen-bond acceptors (Lipinski definition) is 4. The van der Waals surface area contributed by atoms with Crippen LogP contribution in [0.4, 0.5) is 4.79 Å².